The molecule has 1 aromatic rings. The average Bonchev–Trinajstić information content (AvgIpc) is 2.29. The number of hydrogen-bond donors (Lipinski definition) is 1. The smallest absolute Gasteiger partial charge is 0.221 e. The maximum absolute atomic E-state index is 11.1. The maximum Gasteiger partial charge on any atom is 0.221 e. The normalized spacial score (nSPS) is 12.5. The van der Waals surface area contributed by atoms with Crippen LogP contribution in [0.1, 0.15) is 18.4 Å². The number of carbonyl (C=O) groups is 1. The molecule has 16 heavy (non-hydrogen) atoms. The van der Waals surface area contributed by atoms with Crippen molar-refractivity contribution in [2.75, 3.05) is 0 Å². The molecule has 0 aliphatic heterocycles. The van der Waals surface area contributed by atoms with Crippen molar-refractivity contribution >= 4 is 12.0 Å². The van der Waals surface area contributed by atoms with Crippen LogP contribution in [0.25, 0.3) is 6.08 Å². The largest absolute Gasteiger partial charge is 0.369 e. The number of primary amides is 1. The van der Waals surface area contributed by atoms with E-state index in [-0.39, 0.29) is 11.8 Å². The fourth-order valence-corrected chi connectivity index (χ4v) is 1.46. The summed E-state index contributed by atoms with van der Waals surface area (Å²) in [5.74, 6) is -0.407. The van der Waals surface area contributed by atoms with E-state index in [0.717, 1.165) is 5.56 Å². The molecule has 0 bridgehead atoms. The second-order valence-corrected chi connectivity index (χ2v) is 3.67. The molecule has 0 unspecified atom stereocenters. The molecule has 0 spiro atoms. The molecule has 0 aliphatic rings. The Hall–Kier alpha value is -1.83. The summed E-state index contributed by atoms with van der Waals surface area (Å²) < 4.78 is 0. The van der Waals surface area contributed by atoms with Crippen LogP contribution in [0.3, 0.4) is 0 Å². The summed E-state index contributed by atoms with van der Waals surface area (Å²) in [7, 11) is 0. The number of amides is 1. The van der Waals surface area contributed by atoms with Gasteiger partial charge in [-0.05, 0) is 18.4 Å². The van der Waals surface area contributed by atoms with E-state index in [0.29, 0.717) is 12.8 Å². The van der Waals surface area contributed by atoms with Gasteiger partial charge in [-0.3, -0.25) is 4.79 Å². The summed E-state index contributed by atoms with van der Waals surface area (Å²) >= 11 is 0. The number of allylic oxidation sites excluding steroid dienone is 2. The standard InChI is InChI=1S/C14H17NO/c1-2-7-13(14(15)16)11-6-10-12-8-4-3-5-9-12/h2-6,8-10,13H,1,7,11H2,(H2,15,16)/b10-6+/t13-/m1/s1. The number of nitrogens with two attached hydrogens (primary N) is 1. The highest BCUT2D eigenvalue weighted by Crippen LogP contribution is 2.11. The van der Waals surface area contributed by atoms with Gasteiger partial charge in [-0.1, -0.05) is 48.6 Å². The third-order valence-electron chi connectivity index (χ3n) is 2.38. The number of benzene rings is 1. The van der Waals surface area contributed by atoms with Gasteiger partial charge in [-0.25, -0.2) is 0 Å². The van der Waals surface area contributed by atoms with Gasteiger partial charge in [0, 0.05) is 5.92 Å². The molecule has 0 aromatic heterocycles. The summed E-state index contributed by atoms with van der Waals surface area (Å²) in [6, 6.07) is 9.97. The number of hydrogen-bond acceptors (Lipinski definition) is 1. The molecule has 0 saturated heterocycles. The van der Waals surface area contributed by atoms with Crippen LogP contribution in [0.15, 0.2) is 49.1 Å². The molecule has 1 aromatic carbocycles. The molecule has 2 nitrogen and oxygen atoms in total. The first kappa shape index (κ1) is 12.2. The molecule has 84 valence electrons. The van der Waals surface area contributed by atoms with Gasteiger partial charge in [0.15, 0.2) is 0 Å². The van der Waals surface area contributed by atoms with E-state index < -0.39 is 0 Å². The van der Waals surface area contributed by atoms with E-state index in [1.807, 2.05) is 42.5 Å². The van der Waals surface area contributed by atoms with Gasteiger partial charge in [0.25, 0.3) is 0 Å². The van der Waals surface area contributed by atoms with Gasteiger partial charge in [0.2, 0.25) is 5.91 Å². The summed E-state index contributed by atoms with van der Waals surface area (Å²) in [5.41, 5.74) is 6.41. The molecule has 2 N–H and O–H groups in total. The Kier molecular flexibility index (Phi) is 5.06. The minimum absolute atomic E-state index is 0.141. The zero-order chi connectivity index (χ0) is 11.8. The molecule has 0 aliphatic carbocycles. The van der Waals surface area contributed by atoms with Crippen LogP contribution in [-0.2, 0) is 4.79 Å². The Morgan fingerprint density at radius 3 is 2.56 bits per heavy atom. The summed E-state index contributed by atoms with van der Waals surface area (Å²) in [6.07, 6.45) is 7.00. The highest BCUT2D eigenvalue weighted by Gasteiger charge is 2.10. The van der Waals surface area contributed by atoms with Crippen LogP contribution < -0.4 is 5.73 Å². The lowest BCUT2D eigenvalue weighted by atomic mass is 10.00. The van der Waals surface area contributed by atoms with Crippen LogP contribution >= 0.6 is 0 Å². The molecule has 0 fully saturated rings. The molecule has 0 heterocycles. The highest BCUT2D eigenvalue weighted by molar-refractivity contribution is 5.77. The van der Waals surface area contributed by atoms with Crippen LogP contribution in [0.5, 0.6) is 0 Å². The first-order chi connectivity index (χ1) is 7.74. The van der Waals surface area contributed by atoms with Crippen LogP contribution in [-0.4, -0.2) is 5.91 Å². The topological polar surface area (TPSA) is 43.1 Å². The van der Waals surface area contributed by atoms with Crippen molar-refractivity contribution in [2.45, 2.75) is 12.8 Å². The van der Waals surface area contributed by atoms with Gasteiger partial charge in [-0.15, -0.1) is 6.58 Å². The summed E-state index contributed by atoms with van der Waals surface area (Å²) in [5, 5.41) is 0. The van der Waals surface area contributed by atoms with Gasteiger partial charge in [0.1, 0.15) is 0 Å². The van der Waals surface area contributed by atoms with Crippen molar-refractivity contribution in [3.05, 3.63) is 54.6 Å². The molecular formula is C14H17NO. The third-order valence-corrected chi connectivity index (χ3v) is 2.38. The predicted octanol–water partition coefficient (Wildman–Crippen LogP) is 2.77. The first-order valence-electron chi connectivity index (χ1n) is 5.36. The van der Waals surface area contributed by atoms with Gasteiger partial charge in [0.05, 0.1) is 0 Å². The second-order valence-electron chi connectivity index (χ2n) is 3.67. The third kappa shape index (κ3) is 4.13. The molecule has 0 saturated carbocycles. The van der Waals surface area contributed by atoms with E-state index in [1.54, 1.807) is 6.08 Å². The lowest BCUT2D eigenvalue weighted by Crippen LogP contribution is -2.22. The average molecular weight is 215 g/mol. The maximum atomic E-state index is 11.1. The summed E-state index contributed by atoms with van der Waals surface area (Å²) in [6.45, 7) is 3.62. The minimum Gasteiger partial charge on any atom is -0.369 e. The van der Waals surface area contributed by atoms with Gasteiger partial charge in [-0.2, -0.15) is 0 Å². The Morgan fingerprint density at radius 1 is 1.31 bits per heavy atom. The monoisotopic (exact) mass is 215 g/mol. The quantitative estimate of drug-likeness (QED) is 0.728. The van der Waals surface area contributed by atoms with E-state index in [1.165, 1.54) is 0 Å². The molecule has 1 atom stereocenters. The van der Waals surface area contributed by atoms with Crippen molar-refractivity contribution in [3.8, 4) is 0 Å². The van der Waals surface area contributed by atoms with Crippen molar-refractivity contribution in [1.29, 1.82) is 0 Å². The lowest BCUT2D eigenvalue weighted by molar-refractivity contribution is -0.121. The Bertz CT molecular complexity index is 368. The van der Waals surface area contributed by atoms with Crippen LogP contribution in [0.2, 0.25) is 0 Å². The Labute approximate surface area is 96.5 Å². The lowest BCUT2D eigenvalue weighted by Gasteiger charge is -2.06. The van der Waals surface area contributed by atoms with E-state index >= 15 is 0 Å². The Morgan fingerprint density at radius 2 is 2.00 bits per heavy atom. The van der Waals surface area contributed by atoms with Crippen molar-refractivity contribution in [3.63, 3.8) is 0 Å². The molecule has 0 radical (unpaired) electrons. The van der Waals surface area contributed by atoms with Crippen molar-refractivity contribution in [2.24, 2.45) is 11.7 Å². The van der Waals surface area contributed by atoms with Crippen LogP contribution in [0.4, 0.5) is 0 Å². The highest BCUT2D eigenvalue weighted by atomic mass is 16.1. The number of carbonyl (C=O) groups excluding carboxylic acids is 1. The molecule has 2 heteroatoms. The SMILES string of the molecule is C=CC[C@H](C/C=C/c1ccccc1)C(N)=O. The second kappa shape index (κ2) is 6.62. The Balaban J connectivity index is 2.52. The first-order valence-corrected chi connectivity index (χ1v) is 5.36. The van der Waals surface area contributed by atoms with Gasteiger partial charge >= 0.3 is 0 Å². The zero-order valence-corrected chi connectivity index (χ0v) is 9.30. The van der Waals surface area contributed by atoms with Crippen molar-refractivity contribution < 1.29 is 4.79 Å². The summed E-state index contributed by atoms with van der Waals surface area (Å²) in [4.78, 5) is 11.1. The fourth-order valence-electron chi connectivity index (χ4n) is 1.46. The van der Waals surface area contributed by atoms with E-state index in [9.17, 15) is 4.79 Å². The van der Waals surface area contributed by atoms with E-state index in [2.05, 4.69) is 6.58 Å². The number of rotatable bonds is 6. The molecule has 1 amide bonds. The van der Waals surface area contributed by atoms with E-state index in [4.69, 9.17) is 5.73 Å². The predicted molar refractivity (Wildman–Crippen MR) is 67.6 cm³/mol. The van der Waals surface area contributed by atoms with Crippen LogP contribution in [0, 0.1) is 5.92 Å². The fraction of sp³-hybridized carbons (Fsp3) is 0.214. The molecule has 1 rings (SSSR count). The molecular weight excluding hydrogens is 198 g/mol. The van der Waals surface area contributed by atoms with Gasteiger partial charge < -0.3 is 5.73 Å². The van der Waals surface area contributed by atoms with Crippen molar-refractivity contribution in [1.82, 2.24) is 0 Å². The minimum atomic E-state index is -0.266. The zero-order valence-electron chi connectivity index (χ0n) is 9.30.